The summed E-state index contributed by atoms with van der Waals surface area (Å²) in [6.07, 6.45) is 59.2. The van der Waals surface area contributed by atoms with Crippen LogP contribution in [-0.2, 0) is 18.4 Å². The van der Waals surface area contributed by atoms with Crippen molar-refractivity contribution < 1.29 is 32.9 Å². The third kappa shape index (κ3) is 48.2. The van der Waals surface area contributed by atoms with Crippen molar-refractivity contribution in [2.45, 2.75) is 251 Å². The number of quaternary nitrogens is 1. The first kappa shape index (κ1) is 61.5. The summed E-state index contributed by atoms with van der Waals surface area (Å²) in [6.45, 7) is 4.77. The summed E-state index contributed by atoms with van der Waals surface area (Å²) in [6, 6.07) is -0.868. The maximum atomic E-state index is 12.9. The van der Waals surface area contributed by atoms with E-state index in [0.29, 0.717) is 17.4 Å². The zero-order valence-electron chi connectivity index (χ0n) is 42.1. The van der Waals surface area contributed by atoms with Gasteiger partial charge in [-0.1, -0.05) is 210 Å². The Balaban J connectivity index is 4.19. The van der Waals surface area contributed by atoms with E-state index in [1.54, 1.807) is 6.08 Å². The molecule has 0 aromatic carbocycles. The maximum absolute atomic E-state index is 12.9. The fourth-order valence-electron chi connectivity index (χ4n) is 7.54. The van der Waals surface area contributed by atoms with E-state index >= 15 is 0 Å². The van der Waals surface area contributed by atoms with Crippen LogP contribution in [0.25, 0.3) is 0 Å². The Morgan fingerprint density at radius 2 is 0.873 bits per heavy atom. The SMILES string of the molecule is CCCCCC/C=C/CC/C=C/CC/C=C/C(O)C(COP(=O)(O)OCC[N+](C)(C)C)NC(=O)CCCCCCCCCCCCCCCCC/C=C\CCCCCCCCCC. The fourth-order valence-corrected chi connectivity index (χ4v) is 8.27. The lowest BCUT2D eigenvalue weighted by atomic mass is 10.0. The predicted octanol–water partition coefficient (Wildman–Crippen LogP) is 15.6. The van der Waals surface area contributed by atoms with Crippen molar-refractivity contribution in [3.8, 4) is 0 Å². The zero-order valence-corrected chi connectivity index (χ0v) is 43.0. The predicted molar refractivity (Wildman–Crippen MR) is 272 cm³/mol. The van der Waals surface area contributed by atoms with Gasteiger partial charge in [-0.3, -0.25) is 13.8 Å². The number of allylic oxidation sites excluding steroid dienone is 7. The third-order valence-corrected chi connectivity index (χ3v) is 12.7. The van der Waals surface area contributed by atoms with Crippen LogP contribution in [0, 0.1) is 0 Å². The standard InChI is InChI=1S/C54H103N2O6P/c1-6-8-10-12-14-16-18-20-22-23-24-25-26-27-28-29-30-31-32-33-34-36-38-40-42-44-46-48-54(58)55-52(51-62-63(59,60)61-50-49-56(3,4)5)53(57)47-45-43-41-39-37-35-21-19-17-15-13-11-9-7-2/h17,19,23-24,37,39,45,47,52-53,57H,6-16,18,20-22,25-36,38,40-44,46,48-51H2,1-5H3,(H-,55,58,59,60)/p+1/b19-17+,24-23-,39-37+,47-45+. The molecule has 0 fully saturated rings. The summed E-state index contributed by atoms with van der Waals surface area (Å²) in [7, 11) is 1.55. The number of nitrogens with zero attached hydrogens (tertiary/aromatic N) is 1. The average Bonchev–Trinajstić information content (AvgIpc) is 3.24. The number of likely N-dealkylation sites (N-methyl/N-ethyl adjacent to an activating group) is 1. The topological polar surface area (TPSA) is 105 Å². The molecule has 3 N–H and O–H groups in total. The number of hydrogen-bond donors (Lipinski definition) is 3. The number of phosphoric ester groups is 1. The van der Waals surface area contributed by atoms with Crippen molar-refractivity contribution in [2.24, 2.45) is 0 Å². The van der Waals surface area contributed by atoms with E-state index in [1.165, 1.54) is 173 Å². The highest BCUT2D eigenvalue weighted by atomic mass is 31.2. The highest BCUT2D eigenvalue weighted by Crippen LogP contribution is 2.43. The first-order valence-electron chi connectivity index (χ1n) is 26.5. The van der Waals surface area contributed by atoms with Gasteiger partial charge in [0, 0.05) is 6.42 Å². The van der Waals surface area contributed by atoms with Crippen LogP contribution < -0.4 is 5.32 Å². The number of rotatable bonds is 48. The second-order valence-electron chi connectivity index (χ2n) is 19.2. The third-order valence-electron chi connectivity index (χ3n) is 11.7. The van der Waals surface area contributed by atoms with Crippen LogP contribution in [0.2, 0.25) is 0 Å². The number of carbonyl (C=O) groups is 1. The summed E-state index contributed by atoms with van der Waals surface area (Å²) >= 11 is 0. The van der Waals surface area contributed by atoms with Gasteiger partial charge < -0.3 is 19.8 Å². The molecule has 1 amide bonds. The van der Waals surface area contributed by atoms with Crippen LogP contribution >= 0.6 is 7.82 Å². The lowest BCUT2D eigenvalue weighted by Gasteiger charge is -2.25. The molecule has 9 heteroatoms. The van der Waals surface area contributed by atoms with Crippen molar-refractivity contribution in [1.82, 2.24) is 5.32 Å². The van der Waals surface area contributed by atoms with Gasteiger partial charge in [0.05, 0.1) is 39.9 Å². The quantitative estimate of drug-likeness (QED) is 0.0243. The van der Waals surface area contributed by atoms with Crippen molar-refractivity contribution >= 4 is 13.7 Å². The normalized spacial score (nSPS) is 14.5. The van der Waals surface area contributed by atoms with Crippen molar-refractivity contribution in [3.63, 3.8) is 0 Å². The number of amides is 1. The number of unbranched alkanes of at least 4 members (excludes halogenated alkanes) is 29. The molecular weight excluding hydrogens is 804 g/mol. The van der Waals surface area contributed by atoms with Crippen LogP contribution in [-0.4, -0.2) is 73.4 Å². The van der Waals surface area contributed by atoms with Gasteiger partial charge in [0.2, 0.25) is 5.91 Å². The molecule has 370 valence electrons. The molecule has 0 aromatic heterocycles. The maximum Gasteiger partial charge on any atom is 0.472 e. The van der Waals surface area contributed by atoms with Crippen LogP contribution in [0.3, 0.4) is 0 Å². The number of hydrogen-bond acceptors (Lipinski definition) is 5. The molecule has 3 unspecified atom stereocenters. The molecule has 3 atom stereocenters. The van der Waals surface area contributed by atoms with Gasteiger partial charge in [-0.25, -0.2) is 4.57 Å². The van der Waals surface area contributed by atoms with Gasteiger partial charge in [0.1, 0.15) is 13.2 Å². The van der Waals surface area contributed by atoms with E-state index in [9.17, 15) is 19.4 Å². The van der Waals surface area contributed by atoms with Crippen LogP contribution in [0.15, 0.2) is 48.6 Å². The number of nitrogens with one attached hydrogen (secondary N) is 1. The van der Waals surface area contributed by atoms with Gasteiger partial charge in [-0.2, -0.15) is 0 Å². The first-order chi connectivity index (χ1) is 30.5. The largest absolute Gasteiger partial charge is 0.472 e. The summed E-state index contributed by atoms with van der Waals surface area (Å²) in [5.74, 6) is -0.190. The monoisotopic (exact) mass is 908 g/mol. The summed E-state index contributed by atoms with van der Waals surface area (Å²) in [5, 5.41) is 13.8. The minimum absolute atomic E-state index is 0.0534. The molecule has 0 aliphatic heterocycles. The molecule has 0 aliphatic rings. The molecule has 0 bridgehead atoms. The van der Waals surface area contributed by atoms with Crippen molar-refractivity contribution in [1.29, 1.82) is 0 Å². The minimum Gasteiger partial charge on any atom is -0.387 e. The lowest BCUT2D eigenvalue weighted by Crippen LogP contribution is -2.45. The second-order valence-corrected chi connectivity index (χ2v) is 20.7. The van der Waals surface area contributed by atoms with Crippen LogP contribution in [0.5, 0.6) is 0 Å². The molecule has 0 saturated heterocycles. The molecule has 0 aromatic rings. The molecule has 0 spiro atoms. The summed E-state index contributed by atoms with van der Waals surface area (Å²) in [4.78, 5) is 23.2. The lowest BCUT2D eigenvalue weighted by molar-refractivity contribution is -0.870. The van der Waals surface area contributed by atoms with Gasteiger partial charge in [-0.15, -0.1) is 0 Å². The Morgan fingerprint density at radius 3 is 1.29 bits per heavy atom. The molecule has 0 rings (SSSR count). The number of phosphoric acid groups is 1. The fraction of sp³-hybridized carbons (Fsp3) is 0.833. The molecule has 0 aliphatic carbocycles. The molecule has 0 saturated carbocycles. The highest BCUT2D eigenvalue weighted by molar-refractivity contribution is 7.47. The van der Waals surface area contributed by atoms with Crippen molar-refractivity contribution in [2.75, 3.05) is 40.9 Å². The molecule has 63 heavy (non-hydrogen) atoms. The van der Waals surface area contributed by atoms with Crippen molar-refractivity contribution in [3.05, 3.63) is 48.6 Å². The second kappa shape index (κ2) is 45.6. The summed E-state index contributed by atoms with van der Waals surface area (Å²) in [5.41, 5.74) is 0. The van der Waals surface area contributed by atoms with E-state index in [1.807, 2.05) is 27.2 Å². The van der Waals surface area contributed by atoms with E-state index in [4.69, 9.17) is 9.05 Å². The van der Waals surface area contributed by atoms with Gasteiger partial charge >= 0.3 is 7.82 Å². The molecular formula is C54H104N2O6P+. The smallest absolute Gasteiger partial charge is 0.387 e. The van der Waals surface area contributed by atoms with Gasteiger partial charge in [-0.05, 0) is 70.6 Å². The first-order valence-corrected chi connectivity index (χ1v) is 28.0. The average molecular weight is 908 g/mol. The molecule has 0 radical (unpaired) electrons. The Labute approximate surface area is 390 Å². The Bertz CT molecular complexity index is 1170. The summed E-state index contributed by atoms with van der Waals surface area (Å²) < 4.78 is 23.6. The van der Waals surface area contributed by atoms with Gasteiger partial charge in [0.15, 0.2) is 0 Å². The number of aliphatic hydroxyl groups is 1. The minimum atomic E-state index is -4.35. The van der Waals surface area contributed by atoms with Crippen LogP contribution in [0.4, 0.5) is 0 Å². The molecule has 0 heterocycles. The Hall–Kier alpha value is -1.54. The van der Waals surface area contributed by atoms with E-state index < -0.39 is 20.0 Å². The number of carbonyl (C=O) groups excluding carboxylic acids is 1. The Morgan fingerprint density at radius 1 is 0.524 bits per heavy atom. The van der Waals surface area contributed by atoms with E-state index in [2.05, 4.69) is 55.6 Å². The van der Waals surface area contributed by atoms with E-state index in [-0.39, 0.29) is 19.1 Å². The van der Waals surface area contributed by atoms with Crippen LogP contribution in [0.1, 0.15) is 239 Å². The van der Waals surface area contributed by atoms with E-state index in [0.717, 1.165) is 44.9 Å². The Kier molecular flexibility index (Phi) is 44.5. The molecule has 8 nitrogen and oxygen atoms in total. The zero-order chi connectivity index (χ0) is 46.4. The highest BCUT2D eigenvalue weighted by Gasteiger charge is 2.27. The van der Waals surface area contributed by atoms with Gasteiger partial charge in [0.25, 0.3) is 0 Å². The number of aliphatic hydroxyl groups excluding tert-OH is 1.